The first-order chi connectivity index (χ1) is 16.7. The van der Waals surface area contributed by atoms with Gasteiger partial charge in [0.15, 0.2) is 22.5 Å². The molecule has 0 saturated carbocycles. The van der Waals surface area contributed by atoms with Crippen molar-refractivity contribution in [2.45, 2.75) is 11.7 Å². The van der Waals surface area contributed by atoms with Gasteiger partial charge in [0.2, 0.25) is 12.7 Å². The van der Waals surface area contributed by atoms with Gasteiger partial charge in [-0.15, -0.1) is 10.2 Å². The highest BCUT2D eigenvalue weighted by atomic mass is 32.2. The highest BCUT2D eigenvalue weighted by Crippen LogP contribution is 2.37. The Labute approximate surface area is 198 Å². The number of rotatable bonds is 7. The second-order valence-corrected chi connectivity index (χ2v) is 8.09. The molecule has 0 unspecified atom stereocenters. The molecule has 0 atom stereocenters. The Bertz CT molecular complexity index is 1310. The van der Waals surface area contributed by atoms with Crippen LogP contribution in [0.1, 0.15) is 5.76 Å². The van der Waals surface area contributed by atoms with Crippen molar-refractivity contribution < 1.29 is 23.5 Å². The minimum atomic E-state index is -0.604. The summed E-state index contributed by atoms with van der Waals surface area (Å²) >= 11 is 1.17. The standard InChI is InChI=1S/C23H19N5O5S/c29-20(25-22(30)24-12-17-7-4-10-31-17)13-34-23-27-26-21(28(23)16-5-2-1-3-6-16)15-8-9-18-19(11-15)33-14-32-18/h1-11H,12-14H2,(H2,24,25,29,30). The number of carbonyl (C=O) groups is 2. The van der Waals surface area contributed by atoms with Crippen molar-refractivity contribution in [3.05, 3.63) is 72.7 Å². The predicted molar refractivity (Wildman–Crippen MR) is 123 cm³/mol. The highest BCUT2D eigenvalue weighted by Gasteiger charge is 2.21. The molecule has 3 amide bonds. The number of hydrogen-bond donors (Lipinski definition) is 2. The van der Waals surface area contributed by atoms with Crippen LogP contribution >= 0.6 is 11.8 Å². The van der Waals surface area contributed by atoms with Gasteiger partial charge in [0.25, 0.3) is 0 Å². The minimum Gasteiger partial charge on any atom is -0.467 e. The summed E-state index contributed by atoms with van der Waals surface area (Å²) in [6.45, 7) is 0.357. The number of imide groups is 1. The Balaban J connectivity index is 1.31. The molecule has 11 heteroatoms. The Morgan fingerprint density at radius 1 is 1.00 bits per heavy atom. The van der Waals surface area contributed by atoms with Crippen molar-refractivity contribution in [3.63, 3.8) is 0 Å². The fraction of sp³-hybridized carbons (Fsp3) is 0.130. The largest absolute Gasteiger partial charge is 0.467 e. The lowest BCUT2D eigenvalue weighted by Crippen LogP contribution is -2.39. The molecule has 2 aromatic carbocycles. The SMILES string of the molecule is O=C(CSc1nnc(-c2ccc3c(c2)OCO3)n1-c1ccccc1)NC(=O)NCc1ccco1. The second kappa shape index (κ2) is 9.71. The lowest BCUT2D eigenvalue weighted by atomic mass is 10.2. The van der Waals surface area contributed by atoms with E-state index < -0.39 is 11.9 Å². The van der Waals surface area contributed by atoms with E-state index in [1.165, 1.54) is 18.0 Å². The van der Waals surface area contributed by atoms with Crippen molar-refractivity contribution in [1.82, 2.24) is 25.4 Å². The van der Waals surface area contributed by atoms with Gasteiger partial charge in [-0.3, -0.25) is 14.7 Å². The number of ether oxygens (including phenoxy) is 2. The predicted octanol–water partition coefficient (Wildman–Crippen LogP) is 3.37. The molecule has 1 aliphatic rings. The highest BCUT2D eigenvalue weighted by molar-refractivity contribution is 7.99. The molecule has 2 aromatic heterocycles. The van der Waals surface area contributed by atoms with Crippen LogP contribution in [0, 0.1) is 0 Å². The van der Waals surface area contributed by atoms with Crippen LogP contribution < -0.4 is 20.1 Å². The van der Waals surface area contributed by atoms with Crippen LogP contribution in [0.5, 0.6) is 11.5 Å². The number of hydrogen-bond acceptors (Lipinski definition) is 8. The van der Waals surface area contributed by atoms with Crippen LogP contribution in [0.15, 0.2) is 76.5 Å². The molecule has 34 heavy (non-hydrogen) atoms. The van der Waals surface area contributed by atoms with Gasteiger partial charge in [-0.25, -0.2) is 4.79 Å². The van der Waals surface area contributed by atoms with Crippen molar-refractivity contribution in [2.75, 3.05) is 12.5 Å². The van der Waals surface area contributed by atoms with E-state index in [9.17, 15) is 9.59 Å². The van der Waals surface area contributed by atoms with Crippen LogP contribution in [0.25, 0.3) is 17.1 Å². The van der Waals surface area contributed by atoms with Crippen molar-refractivity contribution in [3.8, 4) is 28.6 Å². The lowest BCUT2D eigenvalue weighted by Gasteiger charge is -2.11. The van der Waals surface area contributed by atoms with Gasteiger partial charge in [-0.2, -0.15) is 0 Å². The monoisotopic (exact) mass is 477 g/mol. The number of benzene rings is 2. The summed E-state index contributed by atoms with van der Waals surface area (Å²) in [5.74, 6) is 1.99. The van der Waals surface area contributed by atoms with E-state index in [0.717, 1.165) is 11.3 Å². The van der Waals surface area contributed by atoms with Gasteiger partial charge < -0.3 is 19.2 Å². The molecule has 0 spiro atoms. The zero-order valence-electron chi connectivity index (χ0n) is 17.8. The van der Waals surface area contributed by atoms with E-state index >= 15 is 0 Å². The maximum Gasteiger partial charge on any atom is 0.321 e. The maximum absolute atomic E-state index is 12.3. The molecule has 172 valence electrons. The average Bonchev–Trinajstić information content (AvgIpc) is 3.62. The fourth-order valence-corrected chi connectivity index (χ4v) is 4.07. The molecule has 0 saturated heterocycles. The molecule has 0 fully saturated rings. The molecule has 2 N–H and O–H groups in total. The minimum absolute atomic E-state index is 0.0275. The third-order valence-electron chi connectivity index (χ3n) is 4.87. The number of nitrogens with one attached hydrogen (secondary N) is 2. The molecule has 10 nitrogen and oxygen atoms in total. The third kappa shape index (κ3) is 4.74. The van der Waals surface area contributed by atoms with Crippen molar-refractivity contribution in [2.24, 2.45) is 0 Å². The van der Waals surface area contributed by atoms with Crippen molar-refractivity contribution in [1.29, 1.82) is 0 Å². The number of nitrogens with zero attached hydrogens (tertiary/aromatic N) is 3. The van der Waals surface area contributed by atoms with E-state index in [1.54, 1.807) is 12.1 Å². The molecule has 5 rings (SSSR count). The van der Waals surface area contributed by atoms with Crippen LogP contribution in [0.2, 0.25) is 0 Å². The first-order valence-corrected chi connectivity index (χ1v) is 11.3. The normalized spacial score (nSPS) is 11.9. The van der Waals surface area contributed by atoms with Crippen LogP contribution in [-0.4, -0.2) is 39.2 Å². The Morgan fingerprint density at radius 2 is 1.85 bits per heavy atom. The van der Waals surface area contributed by atoms with E-state index in [1.807, 2.05) is 53.1 Å². The molecule has 0 radical (unpaired) electrons. The molecule has 0 bridgehead atoms. The van der Waals surface area contributed by atoms with E-state index in [0.29, 0.717) is 28.2 Å². The van der Waals surface area contributed by atoms with E-state index in [2.05, 4.69) is 20.8 Å². The Hall–Kier alpha value is -4.25. The van der Waals surface area contributed by atoms with E-state index in [-0.39, 0.29) is 19.1 Å². The summed E-state index contributed by atoms with van der Waals surface area (Å²) in [5.41, 5.74) is 1.62. The number of urea groups is 1. The zero-order chi connectivity index (χ0) is 23.3. The molecule has 0 aliphatic carbocycles. The summed E-state index contributed by atoms with van der Waals surface area (Å²) in [6.07, 6.45) is 1.51. The summed E-state index contributed by atoms with van der Waals surface area (Å²) in [6, 6.07) is 18.0. The number of para-hydroxylation sites is 1. The summed E-state index contributed by atoms with van der Waals surface area (Å²) in [4.78, 5) is 24.3. The molecule has 1 aliphatic heterocycles. The Morgan fingerprint density at radius 3 is 2.68 bits per heavy atom. The fourth-order valence-electron chi connectivity index (χ4n) is 3.31. The van der Waals surface area contributed by atoms with E-state index in [4.69, 9.17) is 13.9 Å². The van der Waals surface area contributed by atoms with Crippen LogP contribution in [0.4, 0.5) is 4.79 Å². The number of furan rings is 1. The van der Waals surface area contributed by atoms with Gasteiger partial charge in [0.05, 0.1) is 18.6 Å². The van der Waals surface area contributed by atoms with Gasteiger partial charge >= 0.3 is 6.03 Å². The van der Waals surface area contributed by atoms with Gasteiger partial charge in [0.1, 0.15) is 5.76 Å². The molecular formula is C23H19N5O5S. The quantitative estimate of drug-likeness (QED) is 0.389. The molecule has 3 heterocycles. The van der Waals surface area contributed by atoms with Crippen molar-refractivity contribution >= 4 is 23.7 Å². The number of aromatic nitrogens is 3. The average molecular weight is 478 g/mol. The zero-order valence-corrected chi connectivity index (χ0v) is 18.6. The number of amides is 3. The Kier molecular flexibility index (Phi) is 6.17. The number of fused-ring (bicyclic) bond motifs is 1. The van der Waals surface area contributed by atoms with Gasteiger partial charge in [-0.1, -0.05) is 30.0 Å². The lowest BCUT2D eigenvalue weighted by molar-refractivity contribution is -0.117. The maximum atomic E-state index is 12.3. The van der Waals surface area contributed by atoms with Crippen LogP contribution in [-0.2, 0) is 11.3 Å². The number of carbonyl (C=O) groups excluding carboxylic acids is 2. The molecular weight excluding hydrogens is 458 g/mol. The topological polar surface area (TPSA) is 121 Å². The first kappa shape index (κ1) is 21.6. The van der Waals surface area contributed by atoms with Gasteiger partial charge in [0, 0.05) is 11.3 Å². The third-order valence-corrected chi connectivity index (χ3v) is 5.80. The molecule has 4 aromatic rings. The van der Waals surface area contributed by atoms with Crippen LogP contribution in [0.3, 0.4) is 0 Å². The smallest absolute Gasteiger partial charge is 0.321 e. The van der Waals surface area contributed by atoms with Gasteiger partial charge in [-0.05, 0) is 42.5 Å². The summed E-state index contributed by atoms with van der Waals surface area (Å²) in [7, 11) is 0. The first-order valence-electron chi connectivity index (χ1n) is 10.3. The summed E-state index contributed by atoms with van der Waals surface area (Å²) in [5, 5.41) is 14.0. The summed E-state index contributed by atoms with van der Waals surface area (Å²) < 4.78 is 17.9. The number of thioether (sulfide) groups is 1. The second-order valence-electron chi connectivity index (χ2n) is 7.14.